The third kappa shape index (κ3) is 8.21. The van der Waals surface area contributed by atoms with E-state index >= 15 is 0 Å². The molecule has 0 aliphatic carbocycles. The number of rotatable bonds is 8. The molecule has 0 aromatic heterocycles. The minimum Gasteiger partial charge on any atom is -0.353 e. The monoisotopic (exact) mass is 310 g/mol. The van der Waals surface area contributed by atoms with Gasteiger partial charge in [0.25, 0.3) is 0 Å². The van der Waals surface area contributed by atoms with Crippen molar-refractivity contribution in [2.45, 2.75) is 39.8 Å². The average molecular weight is 310 g/mol. The zero-order valence-electron chi connectivity index (χ0n) is 12.8. The zero-order valence-corrected chi connectivity index (χ0v) is 13.7. The number of hydrogen-bond acceptors (Lipinski definition) is 5. The second kappa shape index (κ2) is 10.1. The maximum atomic E-state index is 11.0. The van der Waals surface area contributed by atoms with Gasteiger partial charge in [0.15, 0.2) is 0 Å². The number of carbonyl (C=O) groups is 2. The van der Waals surface area contributed by atoms with Crippen LogP contribution in [0.1, 0.15) is 27.7 Å². The Morgan fingerprint density at radius 1 is 0.952 bits per heavy atom. The number of nitrogens with zero attached hydrogens (tertiary/aromatic N) is 2. The molecule has 4 atom stereocenters. The Labute approximate surface area is 130 Å². The molecule has 2 amide bonds. The molecular weight excluding hydrogens is 288 g/mol. The summed E-state index contributed by atoms with van der Waals surface area (Å²) < 4.78 is 0. The van der Waals surface area contributed by atoms with Crippen LogP contribution in [0.4, 0.5) is 0 Å². The summed E-state index contributed by atoms with van der Waals surface area (Å²) in [6.45, 7) is 6.41. The smallest absolute Gasteiger partial charge is 0.217 e. The Kier molecular flexibility index (Phi) is 9.23. The molecule has 0 fully saturated rings. The molecule has 0 bridgehead atoms. The molecule has 0 aliphatic heterocycles. The van der Waals surface area contributed by atoms with Crippen LogP contribution in [-0.2, 0) is 9.59 Å². The van der Waals surface area contributed by atoms with Crippen LogP contribution in [0.15, 0.2) is 0 Å². The van der Waals surface area contributed by atoms with E-state index < -0.39 is 0 Å². The second-order valence-electron chi connectivity index (χ2n) is 4.99. The fourth-order valence-electron chi connectivity index (χ4n) is 1.75. The van der Waals surface area contributed by atoms with Crippen LogP contribution >= 0.6 is 11.8 Å². The number of thioether (sulfide) groups is 1. The van der Waals surface area contributed by atoms with E-state index in [1.807, 2.05) is 0 Å². The van der Waals surface area contributed by atoms with Crippen LogP contribution in [0.25, 0.3) is 0 Å². The predicted molar refractivity (Wildman–Crippen MR) is 82.1 cm³/mol. The van der Waals surface area contributed by atoms with Crippen molar-refractivity contribution in [3.63, 3.8) is 0 Å². The van der Waals surface area contributed by atoms with Gasteiger partial charge in [0.2, 0.25) is 11.8 Å². The van der Waals surface area contributed by atoms with E-state index in [1.54, 1.807) is 13.8 Å². The molecule has 7 heteroatoms. The van der Waals surface area contributed by atoms with Gasteiger partial charge in [0, 0.05) is 37.4 Å². The topological polar surface area (TPSA) is 106 Å². The minimum absolute atomic E-state index is 0.165. The van der Waals surface area contributed by atoms with Crippen LogP contribution < -0.4 is 10.6 Å². The van der Waals surface area contributed by atoms with Gasteiger partial charge in [-0.2, -0.15) is 22.3 Å². The first-order chi connectivity index (χ1) is 9.81. The number of nitrogens with one attached hydrogen (secondary N) is 2. The lowest BCUT2D eigenvalue weighted by Crippen LogP contribution is -2.38. The molecule has 116 valence electrons. The lowest BCUT2D eigenvalue weighted by Gasteiger charge is -2.20. The summed E-state index contributed by atoms with van der Waals surface area (Å²) in [6.07, 6.45) is 0. The van der Waals surface area contributed by atoms with Gasteiger partial charge in [-0.1, -0.05) is 0 Å². The van der Waals surface area contributed by atoms with Crippen LogP contribution in [-0.4, -0.2) is 35.4 Å². The van der Waals surface area contributed by atoms with Crippen molar-refractivity contribution in [3.8, 4) is 12.1 Å². The summed E-state index contributed by atoms with van der Waals surface area (Å²) in [7, 11) is 0. The Morgan fingerprint density at radius 2 is 1.29 bits per heavy atom. The van der Waals surface area contributed by atoms with E-state index in [2.05, 4.69) is 22.8 Å². The first kappa shape index (κ1) is 19.3. The van der Waals surface area contributed by atoms with Gasteiger partial charge in [0.05, 0.1) is 24.0 Å². The zero-order chi connectivity index (χ0) is 16.4. The van der Waals surface area contributed by atoms with E-state index in [-0.39, 0.29) is 35.7 Å². The number of nitriles is 2. The van der Waals surface area contributed by atoms with Crippen molar-refractivity contribution in [1.29, 1.82) is 10.5 Å². The molecule has 0 aromatic rings. The van der Waals surface area contributed by atoms with E-state index in [0.29, 0.717) is 11.5 Å². The lowest BCUT2D eigenvalue weighted by molar-refractivity contribution is -0.120. The van der Waals surface area contributed by atoms with E-state index in [0.717, 1.165) is 0 Å². The summed E-state index contributed by atoms with van der Waals surface area (Å²) in [5.74, 6) is 0.110. The first-order valence-electron chi connectivity index (χ1n) is 6.73. The van der Waals surface area contributed by atoms with Crippen LogP contribution in [0.2, 0.25) is 0 Å². The van der Waals surface area contributed by atoms with Crippen molar-refractivity contribution in [1.82, 2.24) is 10.6 Å². The highest BCUT2D eigenvalue weighted by Gasteiger charge is 2.21. The summed E-state index contributed by atoms with van der Waals surface area (Å²) in [5.41, 5.74) is 0. The van der Waals surface area contributed by atoms with Gasteiger partial charge < -0.3 is 10.6 Å². The van der Waals surface area contributed by atoms with Crippen molar-refractivity contribution < 1.29 is 9.59 Å². The van der Waals surface area contributed by atoms with E-state index in [1.165, 1.54) is 25.6 Å². The maximum Gasteiger partial charge on any atom is 0.217 e. The van der Waals surface area contributed by atoms with Crippen LogP contribution in [0.3, 0.4) is 0 Å². The fourth-order valence-corrected chi connectivity index (χ4v) is 3.12. The van der Waals surface area contributed by atoms with Crippen molar-refractivity contribution >= 4 is 23.6 Å². The molecule has 0 aromatic carbocycles. The highest BCUT2D eigenvalue weighted by molar-refractivity contribution is 7.99. The normalized spacial score (nSPS) is 15.7. The molecule has 0 radical (unpaired) electrons. The molecule has 4 unspecified atom stereocenters. The lowest BCUT2D eigenvalue weighted by atomic mass is 10.1. The number of carbonyl (C=O) groups excluding carboxylic acids is 2. The first-order valence-corrected chi connectivity index (χ1v) is 7.88. The molecule has 0 rings (SSSR count). The van der Waals surface area contributed by atoms with Gasteiger partial charge in [-0.15, -0.1) is 0 Å². The summed E-state index contributed by atoms with van der Waals surface area (Å²) in [6, 6.07) is 3.89. The minimum atomic E-state index is -0.311. The van der Waals surface area contributed by atoms with Gasteiger partial charge in [-0.3, -0.25) is 9.59 Å². The van der Waals surface area contributed by atoms with Crippen molar-refractivity contribution in [2.24, 2.45) is 11.8 Å². The van der Waals surface area contributed by atoms with Crippen LogP contribution in [0.5, 0.6) is 0 Å². The standard InChI is InChI=1S/C14H22N4O2S/c1-9(17-11(3)19)13(5-15)7-21-8-14(6-16)10(2)18-12(4)20/h9-10,13-14H,7-8H2,1-4H3,(H,17,19)(H,18,20). The number of amides is 2. The van der Waals surface area contributed by atoms with Gasteiger partial charge in [-0.25, -0.2) is 0 Å². The third-order valence-corrected chi connectivity index (χ3v) is 4.19. The van der Waals surface area contributed by atoms with Gasteiger partial charge in [-0.05, 0) is 13.8 Å². The van der Waals surface area contributed by atoms with Crippen molar-refractivity contribution in [3.05, 3.63) is 0 Å². The summed E-state index contributed by atoms with van der Waals surface area (Å²) in [5, 5.41) is 23.6. The Balaban J connectivity index is 4.31. The third-order valence-electron chi connectivity index (χ3n) is 3.00. The molecule has 0 saturated carbocycles. The predicted octanol–water partition coefficient (Wildman–Crippen LogP) is 1.05. The van der Waals surface area contributed by atoms with Gasteiger partial charge in [0.1, 0.15) is 0 Å². The molecular formula is C14H22N4O2S. The van der Waals surface area contributed by atoms with Gasteiger partial charge >= 0.3 is 0 Å². The molecule has 6 nitrogen and oxygen atoms in total. The second-order valence-corrected chi connectivity index (χ2v) is 6.06. The number of hydrogen-bond donors (Lipinski definition) is 2. The van der Waals surface area contributed by atoms with E-state index in [4.69, 9.17) is 10.5 Å². The molecule has 2 N–H and O–H groups in total. The molecule has 21 heavy (non-hydrogen) atoms. The molecule has 0 saturated heterocycles. The summed E-state index contributed by atoms with van der Waals surface area (Å²) in [4.78, 5) is 22.0. The summed E-state index contributed by atoms with van der Waals surface area (Å²) >= 11 is 1.48. The Morgan fingerprint density at radius 3 is 1.52 bits per heavy atom. The highest BCUT2D eigenvalue weighted by Crippen LogP contribution is 2.17. The van der Waals surface area contributed by atoms with E-state index in [9.17, 15) is 9.59 Å². The van der Waals surface area contributed by atoms with Crippen molar-refractivity contribution in [2.75, 3.05) is 11.5 Å². The highest BCUT2D eigenvalue weighted by atomic mass is 32.2. The van der Waals surface area contributed by atoms with Crippen LogP contribution in [0, 0.1) is 34.5 Å². The average Bonchev–Trinajstić information content (AvgIpc) is 2.37. The molecule has 0 heterocycles. The molecule has 0 aliphatic rings. The maximum absolute atomic E-state index is 11.0. The largest absolute Gasteiger partial charge is 0.353 e. The quantitative estimate of drug-likeness (QED) is 0.697. The SMILES string of the molecule is CC(=O)NC(C)C(C#N)CSCC(C#N)C(C)NC(C)=O. The Hall–Kier alpha value is -1.73. The molecule has 0 spiro atoms. The fraction of sp³-hybridized carbons (Fsp3) is 0.714. The Bertz CT molecular complexity index is 401.